The highest BCUT2D eigenvalue weighted by atomic mass is 127. The summed E-state index contributed by atoms with van der Waals surface area (Å²) in [6, 6.07) is -0.0128. The second-order valence-corrected chi connectivity index (χ2v) is 5.34. The first-order chi connectivity index (χ1) is 10.0. The topological polar surface area (TPSA) is 74.8 Å². The Morgan fingerprint density at radius 1 is 1.18 bits per heavy atom. The van der Waals surface area contributed by atoms with E-state index in [1.165, 1.54) is 0 Å². The van der Waals surface area contributed by atoms with Gasteiger partial charge in [0.05, 0.1) is 19.2 Å². The molecular formula is C15H33IN4O2. The average Bonchev–Trinajstić information content (AvgIpc) is 2.41. The third kappa shape index (κ3) is 13.0. The fourth-order valence-electron chi connectivity index (χ4n) is 1.87. The number of halogens is 1. The molecule has 0 aromatic heterocycles. The van der Waals surface area contributed by atoms with Crippen LogP contribution in [0.15, 0.2) is 4.99 Å². The van der Waals surface area contributed by atoms with E-state index >= 15 is 0 Å². The van der Waals surface area contributed by atoms with E-state index in [0.29, 0.717) is 19.1 Å². The van der Waals surface area contributed by atoms with E-state index in [0.717, 1.165) is 31.9 Å². The summed E-state index contributed by atoms with van der Waals surface area (Å²) in [6.45, 7) is 12.8. The SMILES string of the molecule is CCCNC(=NCC(CC(C)C)NC(=O)OCC)NCC.I. The molecule has 1 atom stereocenters. The number of ether oxygens (including phenoxy) is 1. The second kappa shape index (κ2) is 15.2. The van der Waals surface area contributed by atoms with Crippen molar-refractivity contribution in [3.05, 3.63) is 0 Å². The Balaban J connectivity index is 0. The number of nitrogens with one attached hydrogen (secondary N) is 3. The number of hydrogen-bond acceptors (Lipinski definition) is 3. The fourth-order valence-corrected chi connectivity index (χ4v) is 1.87. The molecule has 0 bridgehead atoms. The highest BCUT2D eigenvalue weighted by Gasteiger charge is 2.14. The van der Waals surface area contributed by atoms with Gasteiger partial charge in [0.15, 0.2) is 5.96 Å². The van der Waals surface area contributed by atoms with Gasteiger partial charge < -0.3 is 20.7 Å². The number of nitrogens with zero attached hydrogens (tertiary/aromatic N) is 1. The third-order valence-electron chi connectivity index (χ3n) is 2.71. The van der Waals surface area contributed by atoms with Gasteiger partial charge in [-0.1, -0.05) is 20.8 Å². The zero-order chi connectivity index (χ0) is 16.1. The molecule has 6 nitrogen and oxygen atoms in total. The van der Waals surface area contributed by atoms with E-state index in [1.54, 1.807) is 6.92 Å². The molecule has 7 heteroatoms. The lowest BCUT2D eigenvalue weighted by atomic mass is 10.0. The van der Waals surface area contributed by atoms with Crippen LogP contribution in [0.25, 0.3) is 0 Å². The number of carbonyl (C=O) groups excluding carboxylic acids is 1. The van der Waals surface area contributed by atoms with Gasteiger partial charge in [0.25, 0.3) is 0 Å². The number of rotatable bonds is 9. The molecule has 1 unspecified atom stereocenters. The van der Waals surface area contributed by atoms with Crippen LogP contribution in [0.4, 0.5) is 4.79 Å². The molecule has 0 heterocycles. The van der Waals surface area contributed by atoms with Crippen molar-refractivity contribution in [3.63, 3.8) is 0 Å². The molecule has 0 saturated heterocycles. The molecule has 0 spiro atoms. The number of guanidine groups is 1. The molecule has 0 aromatic rings. The molecule has 132 valence electrons. The number of amides is 1. The summed E-state index contributed by atoms with van der Waals surface area (Å²) < 4.78 is 4.94. The zero-order valence-electron chi connectivity index (χ0n) is 14.6. The van der Waals surface area contributed by atoms with Crippen molar-refractivity contribution in [2.24, 2.45) is 10.9 Å². The lowest BCUT2D eigenvalue weighted by Gasteiger charge is -2.19. The monoisotopic (exact) mass is 428 g/mol. The Bertz CT molecular complexity index is 312. The Kier molecular flexibility index (Phi) is 16.2. The number of aliphatic imine (C=N–C) groups is 1. The van der Waals surface area contributed by atoms with Gasteiger partial charge in [-0.2, -0.15) is 0 Å². The molecule has 0 aliphatic heterocycles. The smallest absolute Gasteiger partial charge is 0.407 e. The Hall–Kier alpha value is -0.730. The van der Waals surface area contributed by atoms with Crippen LogP contribution in [-0.2, 0) is 4.74 Å². The summed E-state index contributed by atoms with van der Waals surface area (Å²) in [5.74, 6) is 1.28. The van der Waals surface area contributed by atoms with E-state index in [2.05, 4.69) is 41.7 Å². The van der Waals surface area contributed by atoms with Crippen molar-refractivity contribution in [1.29, 1.82) is 0 Å². The lowest BCUT2D eigenvalue weighted by molar-refractivity contribution is 0.147. The predicted molar refractivity (Wildman–Crippen MR) is 103 cm³/mol. The van der Waals surface area contributed by atoms with Crippen LogP contribution < -0.4 is 16.0 Å². The van der Waals surface area contributed by atoms with E-state index in [1.807, 2.05) is 6.92 Å². The van der Waals surface area contributed by atoms with Gasteiger partial charge in [0.2, 0.25) is 0 Å². The molecule has 0 fully saturated rings. The maximum atomic E-state index is 11.6. The standard InChI is InChI=1S/C15H32N4O2.HI/c1-6-9-17-14(16-7-2)18-11-13(10-12(4)5)19-15(20)21-8-3;/h12-13H,6-11H2,1-5H3,(H,19,20)(H2,16,17,18);1H. The molecule has 1 amide bonds. The molecule has 0 saturated carbocycles. The highest BCUT2D eigenvalue weighted by Crippen LogP contribution is 2.05. The Morgan fingerprint density at radius 2 is 1.86 bits per heavy atom. The lowest BCUT2D eigenvalue weighted by Crippen LogP contribution is -2.41. The first-order valence-corrected chi connectivity index (χ1v) is 7.98. The largest absolute Gasteiger partial charge is 0.450 e. The first kappa shape index (κ1) is 23.5. The van der Waals surface area contributed by atoms with Crippen LogP contribution in [0, 0.1) is 5.92 Å². The zero-order valence-corrected chi connectivity index (χ0v) is 16.9. The molecule has 22 heavy (non-hydrogen) atoms. The van der Waals surface area contributed by atoms with Crippen LogP contribution in [0.3, 0.4) is 0 Å². The van der Waals surface area contributed by atoms with Gasteiger partial charge in [-0.05, 0) is 32.6 Å². The van der Waals surface area contributed by atoms with Crippen LogP contribution in [0.1, 0.15) is 47.5 Å². The summed E-state index contributed by atoms with van der Waals surface area (Å²) in [5.41, 5.74) is 0. The van der Waals surface area contributed by atoms with E-state index in [9.17, 15) is 4.79 Å². The van der Waals surface area contributed by atoms with Crippen LogP contribution in [0.2, 0.25) is 0 Å². The van der Waals surface area contributed by atoms with Crippen molar-refractivity contribution < 1.29 is 9.53 Å². The minimum Gasteiger partial charge on any atom is -0.450 e. The van der Waals surface area contributed by atoms with E-state index < -0.39 is 0 Å². The van der Waals surface area contributed by atoms with Crippen molar-refractivity contribution >= 4 is 36.0 Å². The normalized spacial score (nSPS) is 12.4. The third-order valence-corrected chi connectivity index (χ3v) is 2.71. The average molecular weight is 428 g/mol. The fraction of sp³-hybridized carbons (Fsp3) is 0.867. The number of alkyl carbamates (subject to hydrolysis) is 1. The van der Waals surface area contributed by atoms with Gasteiger partial charge >= 0.3 is 6.09 Å². The quantitative estimate of drug-likeness (QED) is 0.300. The van der Waals surface area contributed by atoms with Crippen molar-refractivity contribution in [2.75, 3.05) is 26.2 Å². The Labute approximate surface area is 152 Å². The van der Waals surface area contributed by atoms with Crippen LogP contribution >= 0.6 is 24.0 Å². The van der Waals surface area contributed by atoms with Crippen molar-refractivity contribution in [3.8, 4) is 0 Å². The van der Waals surface area contributed by atoms with Crippen LogP contribution in [0.5, 0.6) is 0 Å². The van der Waals surface area contributed by atoms with Crippen molar-refractivity contribution in [2.45, 2.75) is 53.5 Å². The summed E-state index contributed by atoms with van der Waals surface area (Å²) in [6.07, 6.45) is 1.54. The summed E-state index contributed by atoms with van der Waals surface area (Å²) >= 11 is 0. The Morgan fingerprint density at radius 3 is 2.36 bits per heavy atom. The molecule has 0 radical (unpaired) electrons. The maximum absolute atomic E-state index is 11.6. The summed E-state index contributed by atoms with van der Waals surface area (Å²) in [4.78, 5) is 16.1. The predicted octanol–water partition coefficient (Wildman–Crippen LogP) is 2.73. The number of hydrogen-bond donors (Lipinski definition) is 3. The van der Waals surface area contributed by atoms with Crippen molar-refractivity contribution in [1.82, 2.24) is 16.0 Å². The van der Waals surface area contributed by atoms with E-state index in [-0.39, 0.29) is 36.1 Å². The maximum Gasteiger partial charge on any atom is 0.407 e. The van der Waals surface area contributed by atoms with Gasteiger partial charge in [0.1, 0.15) is 0 Å². The highest BCUT2D eigenvalue weighted by molar-refractivity contribution is 14.0. The molecular weight excluding hydrogens is 395 g/mol. The number of carbonyl (C=O) groups is 1. The van der Waals surface area contributed by atoms with Crippen LogP contribution in [-0.4, -0.2) is 44.3 Å². The summed E-state index contributed by atoms with van der Waals surface area (Å²) in [5, 5.41) is 9.33. The molecule has 3 N–H and O–H groups in total. The minimum absolute atomic E-state index is 0. The van der Waals surface area contributed by atoms with Gasteiger partial charge in [-0.25, -0.2) is 4.79 Å². The van der Waals surface area contributed by atoms with Gasteiger partial charge in [-0.3, -0.25) is 4.99 Å². The molecule has 0 aromatic carbocycles. The molecule has 0 aliphatic carbocycles. The summed E-state index contributed by atoms with van der Waals surface area (Å²) in [7, 11) is 0. The van der Waals surface area contributed by atoms with E-state index in [4.69, 9.17) is 4.74 Å². The minimum atomic E-state index is -0.370. The first-order valence-electron chi connectivity index (χ1n) is 7.98. The van der Waals surface area contributed by atoms with Gasteiger partial charge in [0, 0.05) is 13.1 Å². The van der Waals surface area contributed by atoms with Gasteiger partial charge in [-0.15, -0.1) is 24.0 Å². The second-order valence-electron chi connectivity index (χ2n) is 5.34. The molecule has 0 aliphatic rings. The molecule has 0 rings (SSSR count).